The zero-order valence-electron chi connectivity index (χ0n) is 14.4. The number of anilines is 1. The number of aliphatic hydroxyl groups excluding tert-OH is 2. The monoisotopic (exact) mass is 335 g/mol. The molecule has 3 saturated heterocycles. The molecule has 4 rings (SSSR count). The summed E-state index contributed by atoms with van der Waals surface area (Å²) in [6.45, 7) is 5.88. The van der Waals surface area contributed by atoms with Crippen molar-refractivity contribution in [1.29, 1.82) is 0 Å². The molecule has 24 heavy (non-hydrogen) atoms. The van der Waals surface area contributed by atoms with E-state index in [0.717, 1.165) is 31.8 Å². The van der Waals surface area contributed by atoms with Crippen LogP contribution in [0.5, 0.6) is 5.75 Å². The first-order chi connectivity index (χ1) is 11.7. The van der Waals surface area contributed by atoms with Crippen LogP contribution in [-0.4, -0.2) is 66.9 Å². The molecule has 134 valence electrons. The first kappa shape index (κ1) is 17.5. The fraction of sp³-hybridized carbons (Fsp3) is 0.667. The van der Waals surface area contributed by atoms with Gasteiger partial charge in [0, 0.05) is 37.9 Å². The van der Waals surface area contributed by atoms with E-state index in [1.54, 1.807) is 0 Å². The van der Waals surface area contributed by atoms with Crippen LogP contribution in [-0.2, 0) is 0 Å². The molecule has 3 N–H and O–H groups in total. The van der Waals surface area contributed by atoms with Gasteiger partial charge in [0.15, 0.2) is 6.35 Å². The lowest BCUT2D eigenvalue weighted by molar-refractivity contribution is -0.0262. The molecule has 0 aliphatic carbocycles. The lowest BCUT2D eigenvalue weighted by Gasteiger charge is -2.38. The molecule has 3 aliphatic rings. The maximum atomic E-state index is 10.3. The third-order valence-electron chi connectivity index (χ3n) is 5.01. The summed E-state index contributed by atoms with van der Waals surface area (Å²) in [7, 11) is 0. The van der Waals surface area contributed by atoms with Gasteiger partial charge in [-0.1, -0.05) is 0 Å². The fourth-order valence-corrected chi connectivity index (χ4v) is 3.86. The molecule has 0 radical (unpaired) electrons. The van der Waals surface area contributed by atoms with Gasteiger partial charge in [-0.2, -0.15) is 0 Å². The van der Waals surface area contributed by atoms with E-state index < -0.39 is 6.35 Å². The highest BCUT2D eigenvalue weighted by molar-refractivity contribution is 5.50. The number of rotatable bonds is 7. The van der Waals surface area contributed by atoms with E-state index in [1.165, 1.54) is 12.1 Å². The second-order valence-corrected chi connectivity index (χ2v) is 6.68. The maximum Gasteiger partial charge on any atom is 0.163 e. The average molecular weight is 335 g/mol. The average Bonchev–Trinajstić information content (AvgIpc) is 2.92. The Kier molecular flexibility index (Phi) is 5.94. The normalized spacial score (nSPS) is 25.5. The summed E-state index contributed by atoms with van der Waals surface area (Å²) in [5.41, 5.74) is 1.23. The highest BCUT2D eigenvalue weighted by atomic mass is 16.5. The van der Waals surface area contributed by atoms with Crippen LogP contribution in [0.4, 0.5) is 5.69 Å². The first-order valence-electron chi connectivity index (χ1n) is 8.97. The maximum absolute atomic E-state index is 10.3. The van der Waals surface area contributed by atoms with Crippen LogP contribution in [0.25, 0.3) is 0 Å². The summed E-state index contributed by atoms with van der Waals surface area (Å²) in [5, 5.41) is 22.2. The van der Waals surface area contributed by atoms with Crippen LogP contribution in [0.15, 0.2) is 24.3 Å². The van der Waals surface area contributed by atoms with Gasteiger partial charge in [0.2, 0.25) is 0 Å². The highest BCUT2D eigenvalue weighted by Crippen LogP contribution is 2.33. The molecular weight excluding hydrogens is 306 g/mol. The van der Waals surface area contributed by atoms with Crippen LogP contribution in [0.2, 0.25) is 0 Å². The Morgan fingerprint density at radius 1 is 1.21 bits per heavy atom. The SMILES string of the molecule is CCOc1ccc(N2CC3CCC2CN(C(O)NCCO)C3)cc1. The van der Waals surface area contributed by atoms with E-state index in [0.29, 0.717) is 25.1 Å². The van der Waals surface area contributed by atoms with E-state index in [4.69, 9.17) is 9.84 Å². The van der Waals surface area contributed by atoms with Gasteiger partial charge in [-0.3, -0.25) is 10.2 Å². The Hall–Kier alpha value is -1.34. The van der Waals surface area contributed by atoms with Crippen molar-refractivity contribution in [2.75, 3.05) is 44.3 Å². The topological polar surface area (TPSA) is 68.2 Å². The van der Waals surface area contributed by atoms with E-state index >= 15 is 0 Å². The molecule has 2 bridgehead atoms. The van der Waals surface area contributed by atoms with Crippen LogP contribution in [0.3, 0.4) is 0 Å². The molecule has 3 heterocycles. The largest absolute Gasteiger partial charge is 0.494 e. The standard InChI is InChI=1S/C18H29N3O3/c1-2-24-17-7-5-15(6-8-17)21-12-14-3-4-16(21)13-20(11-14)18(23)19-9-10-22/h5-8,14,16,18-19,22-23H,2-4,9-13H2,1H3. The van der Waals surface area contributed by atoms with Gasteiger partial charge < -0.3 is 19.8 Å². The summed E-state index contributed by atoms with van der Waals surface area (Å²) >= 11 is 0. The van der Waals surface area contributed by atoms with Crippen molar-refractivity contribution < 1.29 is 14.9 Å². The van der Waals surface area contributed by atoms with Crippen molar-refractivity contribution >= 4 is 5.69 Å². The van der Waals surface area contributed by atoms with E-state index in [1.807, 2.05) is 19.1 Å². The minimum Gasteiger partial charge on any atom is -0.494 e. The number of nitrogens with zero attached hydrogens (tertiary/aromatic N) is 2. The van der Waals surface area contributed by atoms with Crippen molar-refractivity contribution in [3.63, 3.8) is 0 Å². The molecule has 3 aliphatic heterocycles. The Morgan fingerprint density at radius 3 is 2.71 bits per heavy atom. The summed E-state index contributed by atoms with van der Waals surface area (Å²) in [6, 6.07) is 8.75. The van der Waals surface area contributed by atoms with Gasteiger partial charge in [0.1, 0.15) is 5.75 Å². The number of aliphatic hydroxyl groups is 2. The Labute approximate surface area is 144 Å². The minimum atomic E-state index is -0.680. The quantitative estimate of drug-likeness (QED) is 0.642. The number of benzene rings is 1. The van der Waals surface area contributed by atoms with Crippen molar-refractivity contribution in [3.05, 3.63) is 24.3 Å². The van der Waals surface area contributed by atoms with Gasteiger partial charge in [-0.05, 0) is 49.9 Å². The van der Waals surface area contributed by atoms with Gasteiger partial charge in [-0.15, -0.1) is 0 Å². The molecule has 0 saturated carbocycles. The molecule has 0 spiro atoms. The number of ether oxygens (including phenoxy) is 1. The molecule has 6 heteroatoms. The number of nitrogens with one attached hydrogen (secondary N) is 1. The van der Waals surface area contributed by atoms with Crippen LogP contribution in [0.1, 0.15) is 19.8 Å². The molecule has 6 nitrogen and oxygen atoms in total. The van der Waals surface area contributed by atoms with Crippen LogP contribution in [0, 0.1) is 5.92 Å². The lowest BCUT2D eigenvalue weighted by Crippen LogP contribution is -2.50. The zero-order chi connectivity index (χ0) is 16.9. The first-order valence-corrected chi connectivity index (χ1v) is 8.97. The minimum absolute atomic E-state index is 0.0378. The molecule has 3 unspecified atom stereocenters. The number of hydrogen-bond donors (Lipinski definition) is 3. The number of hydrogen-bond acceptors (Lipinski definition) is 6. The van der Waals surface area contributed by atoms with E-state index in [2.05, 4.69) is 27.2 Å². The van der Waals surface area contributed by atoms with Gasteiger partial charge in [0.25, 0.3) is 0 Å². The van der Waals surface area contributed by atoms with Crippen molar-refractivity contribution in [2.45, 2.75) is 32.2 Å². The Morgan fingerprint density at radius 2 is 2.00 bits per heavy atom. The van der Waals surface area contributed by atoms with Gasteiger partial charge >= 0.3 is 0 Å². The lowest BCUT2D eigenvalue weighted by atomic mass is 9.94. The fourth-order valence-electron chi connectivity index (χ4n) is 3.86. The molecule has 0 aromatic heterocycles. The highest BCUT2D eigenvalue weighted by Gasteiger charge is 2.36. The Bertz CT molecular complexity index is 511. The smallest absolute Gasteiger partial charge is 0.163 e. The predicted molar refractivity (Wildman–Crippen MR) is 94.1 cm³/mol. The summed E-state index contributed by atoms with van der Waals surface area (Å²) < 4.78 is 5.53. The third-order valence-corrected chi connectivity index (χ3v) is 5.01. The molecule has 0 amide bonds. The second kappa shape index (κ2) is 8.16. The molecule has 3 fully saturated rings. The molecule has 3 atom stereocenters. The van der Waals surface area contributed by atoms with Gasteiger partial charge in [-0.25, -0.2) is 0 Å². The number of fused-ring (bicyclic) bond motifs is 4. The molecular formula is C18H29N3O3. The van der Waals surface area contributed by atoms with Crippen LogP contribution < -0.4 is 15.0 Å². The Balaban J connectivity index is 1.68. The van der Waals surface area contributed by atoms with Gasteiger partial charge in [0.05, 0.1) is 13.2 Å². The summed E-state index contributed by atoms with van der Waals surface area (Å²) in [5.74, 6) is 1.47. The van der Waals surface area contributed by atoms with E-state index in [-0.39, 0.29) is 6.61 Å². The predicted octanol–water partition coefficient (Wildman–Crippen LogP) is 0.844. The summed E-state index contributed by atoms with van der Waals surface area (Å²) in [4.78, 5) is 4.58. The summed E-state index contributed by atoms with van der Waals surface area (Å²) in [6.07, 6.45) is 1.68. The second-order valence-electron chi connectivity index (χ2n) is 6.68. The van der Waals surface area contributed by atoms with Crippen molar-refractivity contribution in [3.8, 4) is 5.75 Å². The zero-order valence-corrected chi connectivity index (χ0v) is 14.4. The van der Waals surface area contributed by atoms with Crippen LogP contribution >= 0.6 is 0 Å². The van der Waals surface area contributed by atoms with E-state index in [9.17, 15) is 5.11 Å². The number of piperidine rings is 1. The third kappa shape index (κ3) is 4.00. The van der Waals surface area contributed by atoms with Crippen molar-refractivity contribution in [2.24, 2.45) is 5.92 Å². The molecule has 1 aromatic carbocycles. The van der Waals surface area contributed by atoms with Crippen molar-refractivity contribution in [1.82, 2.24) is 10.2 Å². The molecule has 1 aromatic rings.